The summed E-state index contributed by atoms with van der Waals surface area (Å²) >= 11 is 0. The number of ether oxygens (including phenoxy) is 1. The molecule has 7 nitrogen and oxygen atoms in total. The summed E-state index contributed by atoms with van der Waals surface area (Å²) in [5, 5.41) is 10.9. The Morgan fingerprint density at radius 2 is 1.73 bits per heavy atom. The van der Waals surface area contributed by atoms with E-state index in [2.05, 4.69) is 16.8 Å². The first-order valence-electron chi connectivity index (χ1n) is 10.2. The molecule has 164 valence electrons. The molecule has 1 saturated heterocycles. The van der Waals surface area contributed by atoms with Crippen LogP contribution in [0.3, 0.4) is 0 Å². The number of para-hydroxylation sites is 2. The van der Waals surface area contributed by atoms with Crippen molar-refractivity contribution in [2.75, 3.05) is 57.7 Å². The van der Waals surface area contributed by atoms with Gasteiger partial charge >= 0.3 is 0 Å². The van der Waals surface area contributed by atoms with Gasteiger partial charge in [0.1, 0.15) is 5.75 Å². The highest BCUT2D eigenvalue weighted by Gasteiger charge is 2.30. The predicted octanol–water partition coefficient (Wildman–Crippen LogP) is 1.89. The van der Waals surface area contributed by atoms with Gasteiger partial charge in [0.2, 0.25) is 0 Å². The van der Waals surface area contributed by atoms with Gasteiger partial charge in [-0.25, -0.2) is 8.42 Å². The molecule has 0 aromatic heterocycles. The Kier molecular flexibility index (Phi) is 7.71. The third-order valence-corrected chi connectivity index (χ3v) is 7.14. The molecule has 0 aliphatic carbocycles. The van der Waals surface area contributed by atoms with Crippen LogP contribution < -0.4 is 9.04 Å². The molecule has 1 atom stereocenters. The van der Waals surface area contributed by atoms with E-state index in [1.807, 2.05) is 0 Å². The number of β-amino-alcohol motifs (C(OH)–C–C–N with tert-alkyl or cyclic N) is 1. The molecule has 30 heavy (non-hydrogen) atoms. The van der Waals surface area contributed by atoms with Crippen LogP contribution in [0.1, 0.15) is 6.42 Å². The molecule has 0 unspecified atom stereocenters. The zero-order valence-corrected chi connectivity index (χ0v) is 18.5. The van der Waals surface area contributed by atoms with Crippen molar-refractivity contribution in [1.82, 2.24) is 9.80 Å². The summed E-state index contributed by atoms with van der Waals surface area (Å²) in [5.74, 6) is 0.445. The van der Waals surface area contributed by atoms with Crippen LogP contribution in [0.2, 0.25) is 0 Å². The van der Waals surface area contributed by atoms with Crippen LogP contribution in [0.15, 0.2) is 59.5 Å². The van der Waals surface area contributed by atoms with Crippen molar-refractivity contribution in [2.24, 2.45) is 0 Å². The van der Waals surface area contributed by atoms with Gasteiger partial charge < -0.3 is 14.7 Å². The Balaban J connectivity index is 1.86. The number of benzene rings is 2. The number of anilines is 1. The van der Waals surface area contributed by atoms with E-state index >= 15 is 0 Å². The molecule has 0 saturated carbocycles. The summed E-state index contributed by atoms with van der Waals surface area (Å²) in [6.45, 7) is 4.08. The van der Waals surface area contributed by atoms with Gasteiger partial charge in [-0.15, -0.1) is 0 Å². The molecule has 0 radical (unpaired) electrons. The number of hydrogen-bond acceptors (Lipinski definition) is 6. The SMILES string of the molecule is COc1ccccc1N(C[C@@H](O)CN1CCCN(C)CC1)S(=O)(=O)c1ccccc1. The highest BCUT2D eigenvalue weighted by molar-refractivity contribution is 7.92. The summed E-state index contributed by atoms with van der Waals surface area (Å²) in [5.41, 5.74) is 0.415. The zero-order chi connectivity index (χ0) is 21.6. The molecule has 2 aromatic rings. The smallest absolute Gasteiger partial charge is 0.264 e. The first-order valence-corrected chi connectivity index (χ1v) is 11.7. The fourth-order valence-corrected chi connectivity index (χ4v) is 5.24. The second-order valence-electron chi connectivity index (χ2n) is 7.63. The second-order valence-corrected chi connectivity index (χ2v) is 9.49. The Labute approximate surface area is 179 Å². The van der Waals surface area contributed by atoms with E-state index in [9.17, 15) is 13.5 Å². The molecule has 1 aliphatic rings. The van der Waals surface area contributed by atoms with Crippen molar-refractivity contribution in [2.45, 2.75) is 17.4 Å². The highest BCUT2D eigenvalue weighted by Crippen LogP contribution is 2.32. The maximum atomic E-state index is 13.5. The summed E-state index contributed by atoms with van der Waals surface area (Å²) in [7, 11) is -0.269. The molecule has 1 aliphatic heterocycles. The lowest BCUT2D eigenvalue weighted by molar-refractivity contribution is 0.121. The van der Waals surface area contributed by atoms with E-state index < -0.39 is 16.1 Å². The summed E-state index contributed by atoms with van der Waals surface area (Å²) in [6.07, 6.45) is 0.193. The summed E-state index contributed by atoms with van der Waals surface area (Å²) in [6, 6.07) is 15.3. The first-order chi connectivity index (χ1) is 14.4. The lowest BCUT2D eigenvalue weighted by Crippen LogP contribution is -2.43. The summed E-state index contributed by atoms with van der Waals surface area (Å²) < 4.78 is 33.6. The molecule has 1 N–H and O–H groups in total. The van der Waals surface area contributed by atoms with Crippen LogP contribution in [0, 0.1) is 0 Å². The predicted molar refractivity (Wildman–Crippen MR) is 119 cm³/mol. The Morgan fingerprint density at radius 3 is 2.47 bits per heavy atom. The standard InChI is InChI=1S/C22H31N3O4S/c1-23-13-8-14-24(16-15-23)17-19(26)18-25(21-11-6-7-12-22(21)29-2)30(27,28)20-9-4-3-5-10-20/h3-7,9-12,19,26H,8,13-18H2,1-2H3/t19-/m0/s1. The molecule has 0 bridgehead atoms. The van der Waals surface area contributed by atoms with E-state index in [1.54, 1.807) is 54.6 Å². The number of aliphatic hydroxyl groups is 1. The number of hydrogen-bond donors (Lipinski definition) is 1. The minimum atomic E-state index is -3.87. The number of sulfonamides is 1. The Bertz CT molecular complexity index is 908. The summed E-state index contributed by atoms with van der Waals surface area (Å²) in [4.78, 5) is 4.65. The molecule has 0 amide bonds. The van der Waals surface area contributed by atoms with Crippen LogP contribution in [0.25, 0.3) is 0 Å². The second kappa shape index (κ2) is 10.3. The van der Waals surface area contributed by atoms with E-state index in [-0.39, 0.29) is 11.4 Å². The molecule has 2 aromatic carbocycles. The Hall–Kier alpha value is -2.13. The van der Waals surface area contributed by atoms with Crippen LogP contribution >= 0.6 is 0 Å². The van der Waals surface area contributed by atoms with E-state index in [1.165, 1.54) is 11.4 Å². The number of methoxy groups -OCH3 is 1. The normalized spacial score (nSPS) is 17.3. The minimum absolute atomic E-state index is 0.0516. The van der Waals surface area contributed by atoms with Crippen LogP contribution in [0.5, 0.6) is 5.75 Å². The van der Waals surface area contributed by atoms with Crippen molar-refractivity contribution in [3.8, 4) is 5.75 Å². The topological polar surface area (TPSA) is 73.3 Å². The maximum absolute atomic E-state index is 13.5. The van der Waals surface area contributed by atoms with Crippen LogP contribution in [-0.2, 0) is 10.0 Å². The highest BCUT2D eigenvalue weighted by atomic mass is 32.2. The molecular weight excluding hydrogens is 402 g/mol. The maximum Gasteiger partial charge on any atom is 0.264 e. The molecule has 1 heterocycles. The van der Waals surface area contributed by atoms with Crippen LogP contribution in [0.4, 0.5) is 5.69 Å². The average molecular weight is 434 g/mol. The monoisotopic (exact) mass is 433 g/mol. The third kappa shape index (κ3) is 5.51. The molecule has 1 fully saturated rings. The fraction of sp³-hybridized carbons (Fsp3) is 0.455. The lowest BCUT2D eigenvalue weighted by Gasteiger charge is -2.30. The van der Waals surface area contributed by atoms with Crippen LogP contribution in [-0.4, -0.2) is 82.9 Å². The number of nitrogens with zero attached hydrogens (tertiary/aromatic N) is 3. The van der Waals surface area contributed by atoms with E-state index in [4.69, 9.17) is 4.74 Å². The van der Waals surface area contributed by atoms with Crippen molar-refractivity contribution >= 4 is 15.7 Å². The fourth-order valence-electron chi connectivity index (χ4n) is 3.71. The van der Waals surface area contributed by atoms with E-state index in [0.29, 0.717) is 18.0 Å². The van der Waals surface area contributed by atoms with Gasteiger partial charge in [0, 0.05) is 19.6 Å². The molecule has 8 heteroatoms. The first kappa shape index (κ1) is 22.6. The quantitative estimate of drug-likeness (QED) is 0.685. The van der Waals surface area contributed by atoms with Gasteiger partial charge in [-0.1, -0.05) is 30.3 Å². The van der Waals surface area contributed by atoms with Crippen molar-refractivity contribution in [3.05, 3.63) is 54.6 Å². The largest absolute Gasteiger partial charge is 0.495 e. The van der Waals surface area contributed by atoms with Gasteiger partial charge in [-0.05, 0) is 50.8 Å². The van der Waals surface area contributed by atoms with Gasteiger partial charge in [0.05, 0.1) is 30.3 Å². The molecule has 0 spiro atoms. The number of rotatable bonds is 8. The van der Waals surface area contributed by atoms with Crippen molar-refractivity contribution < 1.29 is 18.3 Å². The number of likely N-dealkylation sites (N-methyl/N-ethyl adjacent to an activating group) is 1. The van der Waals surface area contributed by atoms with Gasteiger partial charge in [-0.3, -0.25) is 9.21 Å². The minimum Gasteiger partial charge on any atom is -0.495 e. The molecular formula is C22H31N3O4S. The molecule has 3 rings (SSSR count). The van der Waals surface area contributed by atoms with Crippen molar-refractivity contribution in [3.63, 3.8) is 0 Å². The third-order valence-electron chi connectivity index (χ3n) is 5.34. The van der Waals surface area contributed by atoms with Gasteiger partial charge in [-0.2, -0.15) is 0 Å². The van der Waals surface area contributed by atoms with Gasteiger partial charge in [0.15, 0.2) is 0 Å². The number of aliphatic hydroxyl groups excluding tert-OH is 1. The zero-order valence-electron chi connectivity index (χ0n) is 17.6. The van der Waals surface area contributed by atoms with Gasteiger partial charge in [0.25, 0.3) is 10.0 Å². The Morgan fingerprint density at radius 1 is 1.03 bits per heavy atom. The lowest BCUT2D eigenvalue weighted by atomic mass is 10.2. The van der Waals surface area contributed by atoms with Crippen molar-refractivity contribution in [1.29, 1.82) is 0 Å². The van der Waals surface area contributed by atoms with E-state index in [0.717, 1.165) is 32.6 Å². The average Bonchev–Trinajstić information content (AvgIpc) is 2.96.